The van der Waals surface area contributed by atoms with E-state index >= 15 is 0 Å². The summed E-state index contributed by atoms with van der Waals surface area (Å²) >= 11 is 5.54. The third kappa shape index (κ3) is 3.30. The summed E-state index contributed by atoms with van der Waals surface area (Å²) < 4.78 is 5.67. The summed E-state index contributed by atoms with van der Waals surface area (Å²) in [7, 11) is 0. The van der Waals surface area contributed by atoms with Crippen LogP contribution in [-0.2, 0) is 4.79 Å². The molecule has 1 amide bonds. The topological polar surface area (TPSA) is 55.3 Å². The lowest BCUT2D eigenvalue weighted by Gasteiger charge is -2.32. The third-order valence-electron chi connectivity index (χ3n) is 2.67. The molecule has 0 bridgehead atoms. The summed E-state index contributed by atoms with van der Waals surface area (Å²) in [4.78, 5) is 21.2. The van der Waals surface area contributed by atoms with E-state index in [0.717, 1.165) is 19.4 Å². The molecule has 1 saturated heterocycles. The van der Waals surface area contributed by atoms with Crippen LogP contribution in [0.5, 0.6) is 5.88 Å². The van der Waals surface area contributed by atoms with Crippen LogP contribution in [0.3, 0.4) is 0 Å². The molecule has 0 aromatic carbocycles. The van der Waals surface area contributed by atoms with E-state index in [1.54, 1.807) is 23.5 Å². The van der Waals surface area contributed by atoms with Gasteiger partial charge in [-0.1, -0.05) is 0 Å². The number of carbonyl (C=O) groups is 1. The maximum Gasteiger partial charge on any atom is 0.237 e. The number of alkyl halides is 1. The SMILES string of the molecule is O=C(CCl)N1CCCC(Oc2cnccn2)C1. The van der Waals surface area contributed by atoms with E-state index in [1.807, 2.05) is 0 Å². The first-order chi connectivity index (χ1) is 8.29. The van der Waals surface area contributed by atoms with Gasteiger partial charge in [-0.2, -0.15) is 0 Å². The molecule has 1 aromatic heterocycles. The first kappa shape index (κ1) is 12.1. The zero-order valence-electron chi connectivity index (χ0n) is 9.38. The van der Waals surface area contributed by atoms with Gasteiger partial charge in [0.2, 0.25) is 11.8 Å². The van der Waals surface area contributed by atoms with Crippen molar-refractivity contribution >= 4 is 17.5 Å². The Bertz CT molecular complexity index is 374. The van der Waals surface area contributed by atoms with Crippen molar-refractivity contribution in [1.82, 2.24) is 14.9 Å². The van der Waals surface area contributed by atoms with Crippen molar-refractivity contribution < 1.29 is 9.53 Å². The third-order valence-corrected chi connectivity index (χ3v) is 2.90. The van der Waals surface area contributed by atoms with Gasteiger partial charge in [0.1, 0.15) is 12.0 Å². The largest absolute Gasteiger partial charge is 0.471 e. The van der Waals surface area contributed by atoms with E-state index in [0.29, 0.717) is 12.4 Å². The number of likely N-dealkylation sites (tertiary alicyclic amines) is 1. The standard InChI is InChI=1S/C11H14ClN3O2/c12-6-11(16)15-5-1-2-9(8-15)17-10-7-13-3-4-14-10/h3-4,7,9H,1-2,5-6,8H2. The zero-order valence-corrected chi connectivity index (χ0v) is 10.1. The Morgan fingerprint density at radius 1 is 1.59 bits per heavy atom. The van der Waals surface area contributed by atoms with Crippen molar-refractivity contribution in [3.8, 4) is 5.88 Å². The van der Waals surface area contributed by atoms with Crippen LogP contribution >= 0.6 is 11.6 Å². The fraction of sp³-hybridized carbons (Fsp3) is 0.545. The van der Waals surface area contributed by atoms with Crippen LogP contribution in [0.2, 0.25) is 0 Å². The molecular weight excluding hydrogens is 242 g/mol. The van der Waals surface area contributed by atoms with Crippen molar-refractivity contribution in [3.05, 3.63) is 18.6 Å². The molecule has 1 atom stereocenters. The highest BCUT2D eigenvalue weighted by molar-refractivity contribution is 6.27. The highest BCUT2D eigenvalue weighted by atomic mass is 35.5. The lowest BCUT2D eigenvalue weighted by atomic mass is 10.1. The smallest absolute Gasteiger partial charge is 0.237 e. The Morgan fingerprint density at radius 2 is 2.47 bits per heavy atom. The average Bonchev–Trinajstić information content (AvgIpc) is 2.39. The van der Waals surface area contributed by atoms with Crippen LogP contribution in [0, 0.1) is 0 Å². The van der Waals surface area contributed by atoms with E-state index in [-0.39, 0.29) is 17.9 Å². The minimum Gasteiger partial charge on any atom is -0.471 e. The minimum atomic E-state index is -0.0425. The number of amides is 1. The second-order valence-corrected chi connectivity index (χ2v) is 4.17. The normalized spacial score (nSPS) is 20.1. The van der Waals surface area contributed by atoms with Crippen molar-refractivity contribution in [2.24, 2.45) is 0 Å². The number of carbonyl (C=O) groups excluding carboxylic acids is 1. The van der Waals surface area contributed by atoms with E-state index in [2.05, 4.69) is 9.97 Å². The first-order valence-corrected chi connectivity index (χ1v) is 6.09. The summed E-state index contributed by atoms with van der Waals surface area (Å²) in [6.07, 6.45) is 6.57. The quantitative estimate of drug-likeness (QED) is 0.759. The van der Waals surface area contributed by atoms with E-state index in [4.69, 9.17) is 16.3 Å². The molecule has 1 aliphatic heterocycles. The number of halogens is 1. The van der Waals surface area contributed by atoms with Gasteiger partial charge in [-0.05, 0) is 12.8 Å². The maximum absolute atomic E-state index is 11.5. The number of hydrogen-bond acceptors (Lipinski definition) is 4. The number of ether oxygens (including phenoxy) is 1. The van der Waals surface area contributed by atoms with E-state index in [9.17, 15) is 4.79 Å². The van der Waals surface area contributed by atoms with Crippen LogP contribution in [0.25, 0.3) is 0 Å². The molecule has 1 aliphatic rings. The van der Waals surface area contributed by atoms with Gasteiger partial charge in [0.25, 0.3) is 0 Å². The number of nitrogens with zero attached hydrogens (tertiary/aromatic N) is 3. The molecule has 1 aromatic rings. The van der Waals surface area contributed by atoms with Gasteiger partial charge in [0.15, 0.2) is 0 Å². The Morgan fingerprint density at radius 3 is 3.18 bits per heavy atom. The van der Waals surface area contributed by atoms with Gasteiger partial charge in [0, 0.05) is 18.9 Å². The minimum absolute atomic E-state index is 0.0207. The molecule has 0 aliphatic carbocycles. The van der Waals surface area contributed by atoms with Gasteiger partial charge in [-0.3, -0.25) is 9.78 Å². The number of aromatic nitrogens is 2. The van der Waals surface area contributed by atoms with Gasteiger partial charge in [-0.25, -0.2) is 4.98 Å². The van der Waals surface area contributed by atoms with Crippen LogP contribution < -0.4 is 4.74 Å². The second kappa shape index (κ2) is 5.82. The summed E-state index contributed by atoms with van der Waals surface area (Å²) in [5, 5.41) is 0. The van der Waals surface area contributed by atoms with Gasteiger partial charge in [0.05, 0.1) is 12.7 Å². The molecule has 2 heterocycles. The Kier molecular flexibility index (Phi) is 4.14. The lowest BCUT2D eigenvalue weighted by molar-refractivity contribution is -0.131. The van der Waals surface area contributed by atoms with E-state index < -0.39 is 0 Å². The summed E-state index contributed by atoms with van der Waals surface area (Å²) in [5.74, 6) is 0.481. The molecule has 0 saturated carbocycles. The maximum atomic E-state index is 11.5. The molecule has 0 N–H and O–H groups in total. The molecule has 0 radical (unpaired) electrons. The lowest BCUT2D eigenvalue weighted by Crippen LogP contribution is -2.45. The molecule has 6 heteroatoms. The van der Waals surface area contributed by atoms with Gasteiger partial charge >= 0.3 is 0 Å². The summed E-state index contributed by atoms with van der Waals surface area (Å²) in [6.45, 7) is 1.33. The average molecular weight is 256 g/mol. The number of piperidine rings is 1. The first-order valence-electron chi connectivity index (χ1n) is 5.56. The molecule has 92 valence electrons. The highest BCUT2D eigenvalue weighted by Crippen LogP contribution is 2.16. The fourth-order valence-corrected chi connectivity index (χ4v) is 2.03. The molecule has 0 spiro atoms. The molecule has 1 unspecified atom stereocenters. The molecule has 1 fully saturated rings. The molecular formula is C11H14ClN3O2. The monoisotopic (exact) mass is 255 g/mol. The molecule has 5 nitrogen and oxygen atoms in total. The van der Waals surface area contributed by atoms with Gasteiger partial charge in [-0.15, -0.1) is 11.6 Å². The number of rotatable bonds is 3. The van der Waals surface area contributed by atoms with Crippen LogP contribution in [-0.4, -0.2) is 45.8 Å². The Balaban J connectivity index is 1.92. The highest BCUT2D eigenvalue weighted by Gasteiger charge is 2.24. The Labute approximate surface area is 105 Å². The predicted molar refractivity (Wildman–Crippen MR) is 63.0 cm³/mol. The second-order valence-electron chi connectivity index (χ2n) is 3.90. The van der Waals surface area contributed by atoms with Crippen molar-refractivity contribution in [2.45, 2.75) is 18.9 Å². The predicted octanol–water partition coefficient (Wildman–Crippen LogP) is 1.09. The summed E-state index contributed by atoms with van der Waals surface area (Å²) in [5.41, 5.74) is 0. The molecule has 17 heavy (non-hydrogen) atoms. The fourth-order valence-electron chi connectivity index (χ4n) is 1.86. The van der Waals surface area contributed by atoms with Crippen LogP contribution in [0.1, 0.15) is 12.8 Å². The van der Waals surface area contributed by atoms with Gasteiger partial charge < -0.3 is 9.64 Å². The molecule has 2 rings (SSSR count). The van der Waals surface area contributed by atoms with Crippen molar-refractivity contribution in [1.29, 1.82) is 0 Å². The van der Waals surface area contributed by atoms with Crippen molar-refractivity contribution in [2.75, 3.05) is 19.0 Å². The van der Waals surface area contributed by atoms with Crippen LogP contribution in [0.15, 0.2) is 18.6 Å². The van der Waals surface area contributed by atoms with Crippen LogP contribution in [0.4, 0.5) is 0 Å². The zero-order chi connectivity index (χ0) is 12.1. The number of hydrogen-bond donors (Lipinski definition) is 0. The Hall–Kier alpha value is -1.36. The summed E-state index contributed by atoms with van der Waals surface area (Å²) in [6, 6.07) is 0. The van der Waals surface area contributed by atoms with Crippen molar-refractivity contribution in [3.63, 3.8) is 0 Å². The van der Waals surface area contributed by atoms with E-state index in [1.165, 1.54) is 0 Å².